The van der Waals surface area contributed by atoms with Gasteiger partial charge in [-0.1, -0.05) is 6.92 Å². The zero-order valence-corrected chi connectivity index (χ0v) is 12.5. The summed E-state index contributed by atoms with van der Waals surface area (Å²) in [4.78, 5) is 29.2. The van der Waals surface area contributed by atoms with Crippen molar-refractivity contribution < 1.29 is 9.90 Å². The zero-order valence-electron chi connectivity index (χ0n) is 11.6. The largest absolute Gasteiger partial charge is 0.394 e. The molecule has 0 saturated heterocycles. The van der Waals surface area contributed by atoms with Gasteiger partial charge in [-0.2, -0.15) is 0 Å². The lowest BCUT2D eigenvalue weighted by Gasteiger charge is -2.23. The summed E-state index contributed by atoms with van der Waals surface area (Å²) in [5.74, 6) is -0.524. The Morgan fingerprint density at radius 2 is 2.25 bits per heavy atom. The van der Waals surface area contributed by atoms with Crippen molar-refractivity contribution in [3.63, 3.8) is 0 Å². The highest BCUT2D eigenvalue weighted by Gasteiger charge is 2.23. The van der Waals surface area contributed by atoms with E-state index in [1.54, 1.807) is 13.8 Å². The predicted octanol–water partition coefficient (Wildman–Crippen LogP) is 0.819. The minimum absolute atomic E-state index is 0.0166. The number of hydrogen-bond donors (Lipinski definition) is 2. The molecule has 20 heavy (non-hydrogen) atoms. The molecule has 2 heterocycles. The van der Waals surface area contributed by atoms with Crippen molar-refractivity contribution in [2.75, 3.05) is 6.61 Å². The first-order valence-electron chi connectivity index (χ1n) is 6.31. The normalized spacial score (nSPS) is 11.8. The van der Waals surface area contributed by atoms with Gasteiger partial charge in [-0.05, 0) is 20.3 Å². The SMILES string of the molecule is CCc1csc2ncc(C(=O)NC(C)(C)CO)c(=O)n12. The Bertz CT molecular complexity index is 702. The average Bonchev–Trinajstić information content (AvgIpc) is 2.82. The molecule has 0 aromatic carbocycles. The van der Waals surface area contributed by atoms with E-state index in [0.29, 0.717) is 11.4 Å². The molecule has 7 heteroatoms. The molecule has 0 spiro atoms. The number of aryl methyl sites for hydroxylation is 1. The molecule has 108 valence electrons. The van der Waals surface area contributed by atoms with E-state index in [9.17, 15) is 9.59 Å². The van der Waals surface area contributed by atoms with Crippen LogP contribution in [-0.2, 0) is 6.42 Å². The number of rotatable bonds is 4. The summed E-state index contributed by atoms with van der Waals surface area (Å²) in [5, 5.41) is 13.7. The molecule has 2 rings (SSSR count). The summed E-state index contributed by atoms with van der Waals surface area (Å²) in [5.41, 5.74) is -0.346. The monoisotopic (exact) mass is 295 g/mol. The molecule has 0 saturated carbocycles. The summed E-state index contributed by atoms with van der Waals surface area (Å²) in [7, 11) is 0. The van der Waals surface area contributed by atoms with Gasteiger partial charge in [0.15, 0.2) is 4.96 Å². The number of nitrogens with zero attached hydrogens (tertiary/aromatic N) is 2. The van der Waals surface area contributed by atoms with Gasteiger partial charge in [0, 0.05) is 17.3 Å². The van der Waals surface area contributed by atoms with Crippen LogP contribution in [0.1, 0.15) is 36.8 Å². The van der Waals surface area contributed by atoms with Crippen LogP contribution in [0.2, 0.25) is 0 Å². The van der Waals surface area contributed by atoms with Crippen LogP contribution in [0, 0.1) is 0 Å². The average molecular weight is 295 g/mol. The van der Waals surface area contributed by atoms with Gasteiger partial charge in [-0.25, -0.2) is 4.98 Å². The Hall–Kier alpha value is -1.73. The molecule has 0 unspecified atom stereocenters. The maximum absolute atomic E-state index is 12.4. The van der Waals surface area contributed by atoms with E-state index in [4.69, 9.17) is 5.11 Å². The second kappa shape index (κ2) is 5.34. The number of carbonyl (C=O) groups excluding carboxylic acids is 1. The van der Waals surface area contributed by atoms with Crippen LogP contribution >= 0.6 is 11.3 Å². The van der Waals surface area contributed by atoms with E-state index in [1.807, 2.05) is 12.3 Å². The molecule has 0 bridgehead atoms. The number of fused-ring (bicyclic) bond motifs is 1. The second-order valence-corrected chi connectivity index (χ2v) is 6.01. The van der Waals surface area contributed by atoms with Crippen LogP contribution in [0.3, 0.4) is 0 Å². The zero-order chi connectivity index (χ0) is 14.9. The molecule has 2 N–H and O–H groups in total. The number of amides is 1. The lowest BCUT2D eigenvalue weighted by molar-refractivity contribution is 0.0867. The number of nitrogens with one attached hydrogen (secondary N) is 1. The van der Waals surface area contributed by atoms with Crippen LogP contribution in [0.25, 0.3) is 4.96 Å². The lowest BCUT2D eigenvalue weighted by Crippen LogP contribution is -2.47. The van der Waals surface area contributed by atoms with Crippen molar-refractivity contribution in [1.29, 1.82) is 0 Å². The van der Waals surface area contributed by atoms with Gasteiger partial charge in [0.05, 0.1) is 12.1 Å². The Morgan fingerprint density at radius 3 is 2.85 bits per heavy atom. The van der Waals surface area contributed by atoms with Crippen molar-refractivity contribution in [2.24, 2.45) is 0 Å². The third kappa shape index (κ3) is 2.59. The first-order chi connectivity index (χ1) is 9.39. The number of hydrogen-bond acceptors (Lipinski definition) is 5. The minimum atomic E-state index is -0.786. The third-order valence-electron chi connectivity index (χ3n) is 2.97. The highest BCUT2D eigenvalue weighted by Crippen LogP contribution is 2.13. The molecule has 1 amide bonds. The topological polar surface area (TPSA) is 83.7 Å². The van der Waals surface area contributed by atoms with Crippen LogP contribution in [0.4, 0.5) is 0 Å². The van der Waals surface area contributed by atoms with E-state index in [0.717, 1.165) is 5.69 Å². The van der Waals surface area contributed by atoms with Gasteiger partial charge in [0.25, 0.3) is 11.5 Å². The molecule has 0 fully saturated rings. The number of carbonyl (C=O) groups is 1. The molecule has 0 aliphatic carbocycles. The summed E-state index contributed by atoms with van der Waals surface area (Å²) in [6.07, 6.45) is 1.98. The van der Waals surface area contributed by atoms with Gasteiger partial charge >= 0.3 is 0 Å². The maximum Gasteiger partial charge on any atom is 0.271 e. The minimum Gasteiger partial charge on any atom is -0.394 e. The summed E-state index contributed by atoms with van der Waals surface area (Å²) >= 11 is 1.37. The number of aromatic nitrogens is 2. The predicted molar refractivity (Wildman–Crippen MR) is 77.3 cm³/mol. The van der Waals surface area contributed by atoms with Gasteiger partial charge in [0.2, 0.25) is 0 Å². The van der Waals surface area contributed by atoms with Crippen molar-refractivity contribution in [1.82, 2.24) is 14.7 Å². The highest BCUT2D eigenvalue weighted by molar-refractivity contribution is 7.15. The summed E-state index contributed by atoms with van der Waals surface area (Å²) in [6, 6.07) is 0. The molecule has 2 aromatic heterocycles. The van der Waals surface area contributed by atoms with E-state index >= 15 is 0 Å². The fourth-order valence-corrected chi connectivity index (χ4v) is 2.69. The van der Waals surface area contributed by atoms with E-state index < -0.39 is 11.4 Å². The number of aliphatic hydroxyl groups excluding tert-OH is 1. The standard InChI is InChI=1S/C13H17N3O3S/c1-4-8-6-20-12-14-5-9(11(19)16(8)12)10(18)15-13(2,3)7-17/h5-6,17H,4,7H2,1-3H3,(H,15,18). The number of aliphatic hydroxyl groups is 1. The number of thiazole rings is 1. The Balaban J connectivity index is 2.48. The molecular weight excluding hydrogens is 278 g/mol. The lowest BCUT2D eigenvalue weighted by atomic mass is 10.1. The molecule has 2 aromatic rings. The summed E-state index contributed by atoms with van der Waals surface area (Å²) in [6.45, 7) is 5.08. The van der Waals surface area contributed by atoms with Crippen molar-refractivity contribution in [3.05, 3.63) is 33.2 Å². The fourth-order valence-electron chi connectivity index (χ4n) is 1.76. The van der Waals surface area contributed by atoms with E-state index in [1.165, 1.54) is 21.9 Å². The van der Waals surface area contributed by atoms with Crippen molar-refractivity contribution in [2.45, 2.75) is 32.7 Å². The van der Waals surface area contributed by atoms with Gasteiger partial charge < -0.3 is 10.4 Å². The quantitative estimate of drug-likeness (QED) is 0.874. The van der Waals surface area contributed by atoms with Crippen LogP contribution in [-0.4, -0.2) is 32.5 Å². The second-order valence-electron chi connectivity index (χ2n) is 5.17. The van der Waals surface area contributed by atoms with Crippen LogP contribution < -0.4 is 10.9 Å². The highest BCUT2D eigenvalue weighted by atomic mass is 32.1. The maximum atomic E-state index is 12.4. The van der Waals surface area contributed by atoms with E-state index in [-0.39, 0.29) is 17.7 Å². The summed E-state index contributed by atoms with van der Waals surface area (Å²) < 4.78 is 1.46. The molecule has 0 aliphatic heterocycles. The first-order valence-corrected chi connectivity index (χ1v) is 7.19. The molecule has 0 atom stereocenters. The van der Waals surface area contributed by atoms with Gasteiger partial charge in [-0.3, -0.25) is 14.0 Å². The molecule has 0 radical (unpaired) electrons. The van der Waals surface area contributed by atoms with Gasteiger partial charge in [-0.15, -0.1) is 11.3 Å². The van der Waals surface area contributed by atoms with E-state index in [2.05, 4.69) is 10.3 Å². The van der Waals surface area contributed by atoms with Crippen molar-refractivity contribution >= 4 is 22.2 Å². The first kappa shape index (κ1) is 14.7. The van der Waals surface area contributed by atoms with Crippen molar-refractivity contribution in [3.8, 4) is 0 Å². The Kier molecular flexibility index (Phi) is 3.92. The third-order valence-corrected chi connectivity index (χ3v) is 3.86. The molecular formula is C13H17N3O3S. The Labute approximate surface area is 120 Å². The van der Waals surface area contributed by atoms with Gasteiger partial charge in [0.1, 0.15) is 5.56 Å². The fraction of sp³-hybridized carbons (Fsp3) is 0.462. The van der Waals surface area contributed by atoms with Crippen LogP contribution in [0.15, 0.2) is 16.4 Å². The smallest absolute Gasteiger partial charge is 0.271 e. The van der Waals surface area contributed by atoms with Crippen LogP contribution in [0.5, 0.6) is 0 Å². The molecule has 6 nitrogen and oxygen atoms in total. The Morgan fingerprint density at radius 1 is 1.55 bits per heavy atom. The molecule has 0 aliphatic rings.